The molecule has 196 valence electrons. The molecule has 0 bridgehead atoms. The molecule has 0 amide bonds. The van der Waals surface area contributed by atoms with Gasteiger partial charge in [-0.2, -0.15) is 0 Å². The summed E-state index contributed by atoms with van der Waals surface area (Å²) in [5, 5.41) is 3.27. The number of Topliss-reactive ketones (excluding diaryl/α,β-unsaturated/α-hetero) is 1. The molecule has 1 aromatic carbocycles. The van der Waals surface area contributed by atoms with Gasteiger partial charge in [0.15, 0.2) is 5.78 Å². The van der Waals surface area contributed by atoms with Gasteiger partial charge in [0.1, 0.15) is 18.3 Å². The number of carbonyl (C=O) groups excluding carboxylic acids is 3. The van der Waals surface area contributed by atoms with Gasteiger partial charge in [-0.25, -0.2) is 4.79 Å². The Labute approximate surface area is 213 Å². The molecule has 0 unspecified atom stereocenters. The Morgan fingerprint density at radius 2 is 1.78 bits per heavy atom. The number of para-hydroxylation sites is 1. The number of ether oxygens (including phenoxy) is 4. The number of carbonyl (C=O) groups is 3. The molecule has 1 aromatic rings. The van der Waals surface area contributed by atoms with Crippen molar-refractivity contribution in [3.05, 3.63) is 52.4 Å². The Hall–Kier alpha value is -3.13. The number of hydrogen-bond acceptors (Lipinski definition) is 8. The van der Waals surface area contributed by atoms with Gasteiger partial charge in [0, 0.05) is 22.5 Å². The highest BCUT2D eigenvalue weighted by Crippen LogP contribution is 2.47. The van der Waals surface area contributed by atoms with Crippen molar-refractivity contribution in [2.24, 2.45) is 11.8 Å². The molecule has 0 saturated carbocycles. The average molecular weight is 500 g/mol. The van der Waals surface area contributed by atoms with Gasteiger partial charge >= 0.3 is 11.9 Å². The third-order valence-corrected chi connectivity index (χ3v) is 6.32. The van der Waals surface area contributed by atoms with E-state index >= 15 is 0 Å². The predicted molar refractivity (Wildman–Crippen MR) is 134 cm³/mol. The van der Waals surface area contributed by atoms with Crippen molar-refractivity contribution >= 4 is 17.7 Å². The molecule has 1 aliphatic heterocycles. The summed E-state index contributed by atoms with van der Waals surface area (Å²) in [6.07, 6.45) is 0.352. The highest BCUT2D eigenvalue weighted by molar-refractivity contribution is 6.12. The molecule has 3 rings (SSSR count). The van der Waals surface area contributed by atoms with Gasteiger partial charge in [0.25, 0.3) is 0 Å². The van der Waals surface area contributed by atoms with Gasteiger partial charge in [-0.1, -0.05) is 25.1 Å². The van der Waals surface area contributed by atoms with Crippen LogP contribution in [0.2, 0.25) is 0 Å². The van der Waals surface area contributed by atoms with Gasteiger partial charge in [0.2, 0.25) is 0 Å². The van der Waals surface area contributed by atoms with Crippen molar-refractivity contribution in [3.63, 3.8) is 0 Å². The summed E-state index contributed by atoms with van der Waals surface area (Å²) < 4.78 is 22.1. The molecular weight excluding hydrogens is 462 g/mol. The Morgan fingerprint density at radius 3 is 2.42 bits per heavy atom. The SMILES string of the molecule is COC(=O)[C@H]1C(=O)C2=C(C[C@@H]1C)NC(C)=C(C(=O)OCCOC(C)C)[C@@H]2c1ccccc1OC(C)C. The second-order valence-electron chi connectivity index (χ2n) is 9.80. The zero-order chi connectivity index (χ0) is 26.6. The second kappa shape index (κ2) is 11.7. The largest absolute Gasteiger partial charge is 0.491 e. The van der Waals surface area contributed by atoms with Crippen molar-refractivity contribution in [1.29, 1.82) is 0 Å². The Kier molecular flexibility index (Phi) is 8.95. The molecule has 0 saturated heterocycles. The monoisotopic (exact) mass is 499 g/mol. The van der Waals surface area contributed by atoms with Crippen LogP contribution < -0.4 is 10.1 Å². The maximum absolute atomic E-state index is 13.9. The minimum absolute atomic E-state index is 0.0126. The molecule has 1 heterocycles. The van der Waals surface area contributed by atoms with Crippen LogP contribution in [0.15, 0.2) is 46.8 Å². The first-order valence-electron chi connectivity index (χ1n) is 12.4. The molecule has 3 atom stereocenters. The molecular formula is C28H37NO7. The topological polar surface area (TPSA) is 100 Å². The molecule has 8 heteroatoms. The first-order valence-corrected chi connectivity index (χ1v) is 12.4. The number of methoxy groups -OCH3 is 1. The van der Waals surface area contributed by atoms with E-state index in [9.17, 15) is 14.4 Å². The van der Waals surface area contributed by atoms with E-state index in [-0.39, 0.29) is 37.1 Å². The molecule has 0 radical (unpaired) electrons. The number of benzene rings is 1. The summed E-state index contributed by atoms with van der Waals surface area (Å²) in [6.45, 7) is 11.6. The number of dihydropyridines is 1. The molecule has 36 heavy (non-hydrogen) atoms. The lowest BCUT2D eigenvalue weighted by atomic mass is 9.69. The Morgan fingerprint density at radius 1 is 1.08 bits per heavy atom. The van der Waals surface area contributed by atoms with Gasteiger partial charge in [-0.05, 0) is 53.0 Å². The van der Waals surface area contributed by atoms with E-state index in [0.717, 1.165) is 0 Å². The van der Waals surface area contributed by atoms with Crippen LogP contribution in [0.1, 0.15) is 59.4 Å². The molecule has 0 aromatic heterocycles. The van der Waals surface area contributed by atoms with Gasteiger partial charge in [-0.15, -0.1) is 0 Å². The molecule has 1 N–H and O–H groups in total. The maximum Gasteiger partial charge on any atom is 0.336 e. The van der Waals surface area contributed by atoms with Gasteiger partial charge < -0.3 is 24.3 Å². The third-order valence-electron chi connectivity index (χ3n) is 6.32. The first-order chi connectivity index (χ1) is 17.1. The van der Waals surface area contributed by atoms with Crippen molar-refractivity contribution in [3.8, 4) is 5.75 Å². The van der Waals surface area contributed by atoms with Crippen molar-refractivity contribution in [2.45, 2.75) is 66.1 Å². The predicted octanol–water partition coefficient (Wildman–Crippen LogP) is 4.06. The average Bonchev–Trinajstić information content (AvgIpc) is 2.80. The van der Waals surface area contributed by atoms with E-state index in [0.29, 0.717) is 40.3 Å². The standard InChI is InChI=1S/C28H37NO7/c1-15(2)34-12-13-35-28(32)23-18(6)29-20-14-17(5)22(27(31)33-7)26(30)25(20)24(23)19-10-8-9-11-21(19)36-16(3)4/h8-11,15-17,22,24,29H,12-14H2,1-7H3/t17-,22+,24-/m0/s1. The maximum atomic E-state index is 13.9. The minimum Gasteiger partial charge on any atom is -0.491 e. The molecule has 1 aliphatic carbocycles. The fourth-order valence-electron chi connectivity index (χ4n) is 4.84. The number of nitrogens with one attached hydrogen (secondary N) is 1. The number of rotatable bonds is 9. The van der Waals surface area contributed by atoms with Crippen LogP contribution in [-0.2, 0) is 28.6 Å². The Bertz CT molecular complexity index is 1070. The lowest BCUT2D eigenvalue weighted by Crippen LogP contribution is -2.43. The molecule has 8 nitrogen and oxygen atoms in total. The highest BCUT2D eigenvalue weighted by Gasteiger charge is 2.47. The van der Waals surface area contributed by atoms with Crippen molar-refractivity contribution < 1.29 is 33.3 Å². The van der Waals surface area contributed by atoms with E-state index in [1.165, 1.54) is 7.11 Å². The van der Waals surface area contributed by atoms with E-state index < -0.39 is 23.8 Å². The van der Waals surface area contributed by atoms with Crippen molar-refractivity contribution in [1.82, 2.24) is 5.32 Å². The number of ketones is 1. The van der Waals surface area contributed by atoms with Crippen molar-refractivity contribution in [2.75, 3.05) is 20.3 Å². The van der Waals surface area contributed by atoms with E-state index in [2.05, 4.69) is 5.32 Å². The van der Waals surface area contributed by atoms with E-state index in [1.54, 1.807) is 6.92 Å². The van der Waals surface area contributed by atoms with Crippen LogP contribution in [0.3, 0.4) is 0 Å². The van der Waals surface area contributed by atoms with Gasteiger partial charge in [-0.3, -0.25) is 9.59 Å². The second-order valence-corrected chi connectivity index (χ2v) is 9.80. The van der Waals surface area contributed by atoms with Crippen LogP contribution >= 0.6 is 0 Å². The molecule has 2 aliphatic rings. The number of esters is 2. The fourth-order valence-corrected chi connectivity index (χ4v) is 4.84. The van der Waals surface area contributed by atoms with Gasteiger partial charge in [0.05, 0.1) is 37.4 Å². The lowest BCUT2D eigenvalue weighted by Gasteiger charge is -2.38. The fraction of sp³-hybridized carbons (Fsp3) is 0.536. The minimum atomic E-state index is -0.952. The summed E-state index contributed by atoms with van der Waals surface area (Å²) in [5.41, 5.74) is 2.65. The zero-order valence-corrected chi connectivity index (χ0v) is 22.2. The number of hydrogen-bond donors (Lipinski definition) is 1. The summed E-state index contributed by atoms with van der Waals surface area (Å²) in [5.74, 6) is -2.89. The third kappa shape index (κ3) is 5.81. The van der Waals surface area contributed by atoms with E-state index in [1.807, 2.05) is 58.9 Å². The highest BCUT2D eigenvalue weighted by atomic mass is 16.6. The van der Waals surface area contributed by atoms with Crippen LogP contribution in [0.5, 0.6) is 5.75 Å². The summed E-state index contributed by atoms with van der Waals surface area (Å²) in [7, 11) is 1.28. The summed E-state index contributed by atoms with van der Waals surface area (Å²) in [4.78, 5) is 39.9. The van der Waals surface area contributed by atoms with Crippen LogP contribution in [0.4, 0.5) is 0 Å². The normalized spacial score (nSPS) is 21.9. The van der Waals surface area contributed by atoms with Crippen LogP contribution in [-0.4, -0.2) is 50.3 Å². The quantitative estimate of drug-likeness (QED) is 0.309. The summed E-state index contributed by atoms with van der Waals surface area (Å²) in [6, 6.07) is 7.35. The molecule has 0 spiro atoms. The number of allylic oxidation sites excluding steroid dienone is 3. The Balaban J connectivity index is 2.11. The summed E-state index contributed by atoms with van der Waals surface area (Å²) >= 11 is 0. The molecule has 0 fully saturated rings. The smallest absolute Gasteiger partial charge is 0.336 e. The first kappa shape index (κ1) is 27.5. The lowest BCUT2D eigenvalue weighted by molar-refractivity contribution is -0.151. The van der Waals surface area contributed by atoms with Crippen LogP contribution in [0.25, 0.3) is 0 Å². The zero-order valence-electron chi connectivity index (χ0n) is 22.2. The van der Waals surface area contributed by atoms with E-state index in [4.69, 9.17) is 18.9 Å². The van der Waals surface area contributed by atoms with Crippen LogP contribution in [0, 0.1) is 11.8 Å².